The summed E-state index contributed by atoms with van der Waals surface area (Å²) in [6, 6.07) is 5.11. The zero-order valence-corrected chi connectivity index (χ0v) is 13.2. The van der Waals surface area contributed by atoms with E-state index in [0.717, 1.165) is 37.9 Å². The van der Waals surface area contributed by atoms with Gasteiger partial charge in [0, 0.05) is 19.6 Å². The molecule has 1 aliphatic heterocycles. The molecule has 122 valence electrons. The van der Waals surface area contributed by atoms with Gasteiger partial charge in [0.2, 0.25) is 0 Å². The maximum absolute atomic E-state index is 12.1. The molecule has 0 atom stereocenters. The number of nitrogens with zero attached hydrogens (tertiary/aromatic N) is 4. The van der Waals surface area contributed by atoms with Gasteiger partial charge in [-0.05, 0) is 44.4 Å². The van der Waals surface area contributed by atoms with Gasteiger partial charge in [-0.15, -0.1) is 5.10 Å². The molecular weight excluding hydrogens is 296 g/mol. The Morgan fingerprint density at radius 3 is 2.74 bits per heavy atom. The minimum Gasteiger partial charge on any atom is -0.452 e. The van der Waals surface area contributed by atoms with Crippen LogP contribution in [0.1, 0.15) is 36.5 Å². The first-order valence-electron chi connectivity index (χ1n) is 7.97. The first-order valence-corrected chi connectivity index (χ1v) is 7.97. The van der Waals surface area contributed by atoms with Gasteiger partial charge in [0.25, 0.3) is 5.91 Å². The molecule has 1 fully saturated rings. The molecule has 1 aromatic carbocycles. The highest BCUT2D eigenvalue weighted by Gasteiger charge is 2.19. The van der Waals surface area contributed by atoms with Crippen molar-refractivity contribution in [3.63, 3.8) is 0 Å². The third-order valence-electron chi connectivity index (χ3n) is 4.08. The van der Waals surface area contributed by atoms with Gasteiger partial charge < -0.3 is 9.64 Å². The van der Waals surface area contributed by atoms with Crippen LogP contribution in [0.3, 0.4) is 0 Å². The number of aryl methyl sites for hydroxylation is 1. The van der Waals surface area contributed by atoms with Crippen LogP contribution < -0.4 is 0 Å². The molecule has 0 radical (unpaired) electrons. The van der Waals surface area contributed by atoms with E-state index in [4.69, 9.17) is 4.74 Å². The van der Waals surface area contributed by atoms with Crippen molar-refractivity contribution < 1.29 is 14.3 Å². The van der Waals surface area contributed by atoms with Gasteiger partial charge in [-0.1, -0.05) is 5.21 Å². The number of rotatable bonds is 4. The van der Waals surface area contributed by atoms with E-state index >= 15 is 0 Å². The van der Waals surface area contributed by atoms with E-state index in [0.29, 0.717) is 17.6 Å². The molecule has 7 heteroatoms. The number of hydrogen-bond acceptors (Lipinski definition) is 5. The number of carbonyl (C=O) groups excluding carboxylic acids is 2. The molecule has 0 bridgehead atoms. The summed E-state index contributed by atoms with van der Waals surface area (Å²) in [7, 11) is 0. The fourth-order valence-corrected chi connectivity index (χ4v) is 2.78. The number of likely N-dealkylation sites (tertiary alicyclic amines) is 1. The maximum Gasteiger partial charge on any atom is 0.338 e. The molecule has 2 aromatic rings. The van der Waals surface area contributed by atoms with E-state index < -0.39 is 5.97 Å². The highest BCUT2D eigenvalue weighted by molar-refractivity contribution is 5.94. The summed E-state index contributed by atoms with van der Waals surface area (Å²) in [5.41, 5.74) is 1.89. The zero-order valence-electron chi connectivity index (χ0n) is 13.2. The Morgan fingerprint density at radius 1 is 1.22 bits per heavy atom. The van der Waals surface area contributed by atoms with Crippen molar-refractivity contribution in [1.29, 1.82) is 0 Å². The van der Waals surface area contributed by atoms with E-state index in [1.54, 1.807) is 27.8 Å². The quantitative estimate of drug-likeness (QED) is 0.801. The first kappa shape index (κ1) is 15.5. The lowest BCUT2D eigenvalue weighted by atomic mass is 10.1. The predicted octanol–water partition coefficient (Wildman–Crippen LogP) is 1.62. The predicted molar refractivity (Wildman–Crippen MR) is 83.9 cm³/mol. The van der Waals surface area contributed by atoms with Crippen LogP contribution in [0.4, 0.5) is 0 Å². The van der Waals surface area contributed by atoms with E-state index in [2.05, 4.69) is 10.3 Å². The van der Waals surface area contributed by atoms with Crippen LogP contribution in [0.2, 0.25) is 0 Å². The number of esters is 1. The van der Waals surface area contributed by atoms with Crippen LogP contribution in [0, 0.1) is 0 Å². The number of piperidine rings is 1. The van der Waals surface area contributed by atoms with Crippen LogP contribution in [0.5, 0.6) is 0 Å². The molecule has 23 heavy (non-hydrogen) atoms. The molecule has 0 N–H and O–H groups in total. The number of carbonyl (C=O) groups is 2. The topological polar surface area (TPSA) is 77.3 Å². The van der Waals surface area contributed by atoms with Crippen molar-refractivity contribution in [3.8, 4) is 0 Å². The molecule has 1 saturated heterocycles. The number of hydrogen-bond donors (Lipinski definition) is 0. The van der Waals surface area contributed by atoms with Gasteiger partial charge in [0.1, 0.15) is 5.52 Å². The minimum atomic E-state index is -0.511. The summed E-state index contributed by atoms with van der Waals surface area (Å²) >= 11 is 0. The summed E-state index contributed by atoms with van der Waals surface area (Å²) in [5.74, 6) is -0.639. The Bertz CT molecular complexity index is 719. The van der Waals surface area contributed by atoms with Crippen molar-refractivity contribution in [2.75, 3.05) is 19.7 Å². The fraction of sp³-hybridized carbons (Fsp3) is 0.500. The molecule has 1 amide bonds. The average molecular weight is 316 g/mol. The molecule has 0 spiro atoms. The Morgan fingerprint density at radius 2 is 2.00 bits per heavy atom. The molecule has 3 rings (SSSR count). The SMILES string of the molecule is CCn1nnc2cc(C(=O)OCC(=O)N3CCCCC3)ccc21. The molecular formula is C16H20N4O3. The highest BCUT2D eigenvalue weighted by atomic mass is 16.5. The summed E-state index contributed by atoms with van der Waals surface area (Å²) in [6.45, 7) is 3.98. The molecule has 0 unspecified atom stereocenters. The summed E-state index contributed by atoms with van der Waals surface area (Å²) < 4.78 is 6.89. The lowest BCUT2D eigenvalue weighted by Gasteiger charge is -2.26. The molecule has 0 aliphatic carbocycles. The Kier molecular flexibility index (Phi) is 4.55. The Balaban J connectivity index is 1.62. The van der Waals surface area contributed by atoms with Gasteiger partial charge >= 0.3 is 5.97 Å². The molecule has 7 nitrogen and oxygen atoms in total. The Labute approximate surface area is 134 Å². The summed E-state index contributed by atoms with van der Waals surface area (Å²) in [5, 5.41) is 8.03. The van der Waals surface area contributed by atoms with E-state index in [9.17, 15) is 9.59 Å². The smallest absolute Gasteiger partial charge is 0.338 e. The van der Waals surface area contributed by atoms with Crippen molar-refractivity contribution in [3.05, 3.63) is 23.8 Å². The number of ether oxygens (including phenoxy) is 1. The second-order valence-electron chi connectivity index (χ2n) is 5.63. The molecule has 1 aliphatic rings. The standard InChI is InChI=1S/C16H20N4O3/c1-2-20-14-7-6-12(10-13(14)17-18-20)16(22)23-11-15(21)19-8-4-3-5-9-19/h6-7,10H,2-5,8-9,11H2,1H3. The van der Waals surface area contributed by atoms with Gasteiger partial charge in [0.15, 0.2) is 6.61 Å². The first-order chi connectivity index (χ1) is 11.2. The number of amides is 1. The summed E-state index contributed by atoms with van der Waals surface area (Å²) in [6.07, 6.45) is 3.19. The summed E-state index contributed by atoms with van der Waals surface area (Å²) in [4.78, 5) is 25.9. The van der Waals surface area contributed by atoms with Crippen LogP contribution >= 0.6 is 0 Å². The van der Waals surface area contributed by atoms with Crippen LogP contribution in [0.15, 0.2) is 18.2 Å². The monoisotopic (exact) mass is 316 g/mol. The lowest BCUT2D eigenvalue weighted by molar-refractivity contribution is -0.135. The highest BCUT2D eigenvalue weighted by Crippen LogP contribution is 2.14. The normalized spacial score (nSPS) is 14.9. The van der Waals surface area contributed by atoms with E-state index in [1.807, 2.05) is 6.92 Å². The third-order valence-corrected chi connectivity index (χ3v) is 4.08. The van der Waals surface area contributed by atoms with Crippen molar-refractivity contribution in [1.82, 2.24) is 19.9 Å². The third kappa shape index (κ3) is 3.33. The fourth-order valence-electron chi connectivity index (χ4n) is 2.78. The number of fused-ring (bicyclic) bond motifs is 1. The van der Waals surface area contributed by atoms with Gasteiger partial charge in [-0.25, -0.2) is 9.48 Å². The number of aromatic nitrogens is 3. The molecule has 2 heterocycles. The van der Waals surface area contributed by atoms with Crippen LogP contribution in [0.25, 0.3) is 11.0 Å². The van der Waals surface area contributed by atoms with Crippen LogP contribution in [-0.4, -0.2) is 51.5 Å². The van der Waals surface area contributed by atoms with Crippen LogP contribution in [-0.2, 0) is 16.1 Å². The number of benzene rings is 1. The van der Waals surface area contributed by atoms with Crippen molar-refractivity contribution in [2.45, 2.75) is 32.7 Å². The lowest BCUT2D eigenvalue weighted by Crippen LogP contribution is -2.38. The van der Waals surface area contributed by atoms with E-state index in [-0.39, 0.29) is 12.5 Å². The minimum absolute atomic E-state index is 0.129. The van der Waals surface area contributed by atoms with Gasteiger partial charge in [-0.3, -0.25) is 4.79 Å². The average Bonchev–Trinajstić information content (AvgIpc) is 3.02. The second-order valence-corrected chi connectivity index (χ2v) is 5.63. The van der Waals surface area contributed by atoms with Crippen molar-refractivity contribution in [2.24, 2.45) is 0 Å². The van der Waals surface area contributed by atoms with Gasteiger partial charge in [-0.2, -0.15) is 0 Å². The molecule has 0 saturated carbocycles. The second kappa shape index (κ2) is 6.76. The Hall–Kier alpha value is -2.44. The maximum atomic E-state index is 12.1. The zero-order chi connectivity index (χ0) is 16.2. The van der Waals surface area contributed by atoms with Gasteiger partial charge in [0.05, 0.1) is 11.1 Å². The van der Waals surface area contributed by atoms with E-state index in [1.165, 1.54) is 0 Å². The molecule has 1 aromatic heterocycles. The van der Waals surface area contributed by atoms with Crippen molar-refractivity contribution >= 4 is 22.9 Å². The largest absolute Gasteiger partial charge is 0.452 e.